The molecule has 0 radical (unpaired) electrons. The number of allylic oxidation sites excluding steroid dienone is 3. The molecule has 3 fully saturated rings. The van der Waals surface area contributed by atoms with Crippen molar-refractivity contribution in [3.63, 3.8) is 0 Å². The molecule has 6 aliphatic rings. The SMILES string of the molecule is CCOC(=O)C1=C(C=O)/C(=C2\CCC(=O)[C@@H](c3ccc4c(c3)=CCN=4)C2)c2c(OC)c3c(c(CO)c2O1)O[C@H]([C@@]1(O)CCC[C@H]2CN(CCCOC)CC[C@@H]21)C3. The van der Waals surface area contributed by atoms with Gasteiger partial charge in [0.05, 0.1) is 48.9 Å². The van der Waals surface area contributed by atoms with Gasteiger partial charge in [0, 0.05) is 56.7 Å². The molecule has 0 aromatic heterocycles. The maximum Gasteiger partial charge on any atom is 0.375 e. The number of methoxy groups -OCH3 is 2. The summed E-state index contributed by atoms with van der Waals surface area (Å²) < 4.78 is 30.0. The number of benzene rings is 2. The average Bonchev–Trinajstić information content (AvgIpc) is 3.88. The van der Waals surface area contributed by atoms with Gasteiger partial charge in [-0.05, 0) is 86.7 Å². The number of ketones is 1. The van der Waals surface area contributed by atoms with Crippen LogP contribution >= 0.6 is 0 Å². The minimum Gasteiger partial charge on any atom is -0.496 e. The molecule has 8 rings (SSSR count). The van der Waals surface area contributed by atoms with Gasteiger partial charge in [0.25, 0.3) is 0 Å². The Morgan fingerprint density at radius 1 is 1.16 bits per heavy atom. The topological polar surface area (TPSA) is 153 Å². The Balaban J connectivity index is 1.22. The summed E-state index contributed by atoms with van der Waals surface area (Å²) in [5.41, 5.74) is 2.37. The van der Waals surface area contributed by atoms with E-state index in [9.17, 15) is 24.6 Å². The van der Waals surface area contributed by atoms with E-state index in [0.717, 1.165) is 73.6 Å². The molecule has 0 unspecified atom stereocenters. The number of carbonyl (C=O) groups excluding carboxylic acids is 3. The summed E-state index contributed by atoms with van der Waals surface area (Å²) in [5, 5.41) is 25.7. The smallest absolute Gasteiger partial charge is 0.375 e. The molecule has 5 atom stereocenters. The predicted molar refractivity (Wildman–Crippen MR) is 206 cm³/mol. The summed E-state index contributed by atoms with van der Waals surface area (Å²) in [7, 11) is 3.26. The van der Waals surface area contributed by atoms with Crippen LogP contribution in [0.15, 0.2) is 40.1 Å². The van der Waals surface area contributed by atoms with Gasteiger partial charge in [-0.3, -0.25) is 14.6 Å². The van der Waals surface area contributed by atoms with Crippen LogP contribution in [-0.2, 0) is 36.9 Å². The number of piperidine rings is 1. The highest BCUT2D eigenvalue weighted by molar-refractivity contribution is 6.11. The summed E-state index contributed by atoms with van der Waals surface area (Å²) in [4.78, 5) is 47.3. The van der Waals surface area contributed by atoms with Crippen molar-refractivity contribution in [1.29, 1.82) is 0 Å². The van der Waals surface area contributed by atoms with Crippen LogP contribution in [0.3, 0.4) is 0 Å². The lowest BCUT2D eigenvalue weighted by molar-refractivity contribution is -0.151. The number of ether oxygens (including phenoxy) is 5. The van der Waals surface area contributed by atoms with E-state index in [0.29, 0.717) is 78.2 Å². The Bertz CT molecular complexity index is 2120. The normalized spacial score (nSPS) is 28.2. The van der Waals surface area contributed by atoms with Crippen LogP contribution in [0, 0.1) is 11.8 Å². The lowest BCUT2D eigenvalue weighted by Gasteiger charge is -2.51. The second-order valence-corrected chi connectivity index (χ2v) is 15.9. The molecule has 56 heavy (non-hydrogen) atoms. The standard InChI is InChI=1S/C44H52N2O10/c1-4-54-43(50)42-31(23-47)37(27-9-11-35(49)29(20-27)25-8-10-34-26(19-25)12-15-45-34)38-40(53-3)30-21-36(55-39(30)32(24-48)41(38)56-42)44(51)14-5-7-28-22-46(16-6-18-52-2)17-13-33(28)44/h8,10,12,19,23,28-29,33,36,48,51H,4-7,9,11,13-18,20-22,24H2,1-3H3/b37-27-/t28-,29+,33-,36-,44+/m0/s1. The Labute approximate surface area is 326 Å². The van der Waals surface area contributed by atoms with Crippen LogP contribution in [0.1, 0.15) is 86.5 Å². The van der Waals surface area contributed by atoms with E-state index in [-0.39, 0.29) is 41.8 Å². The third-order valence-corrected chi connectivity index (χ3v) is 13.0. The highest BCUT2D eigenvalue weighted by Crippen LogP contribution is 2.58. The molecule has 0 spiro atoms. The molecule has 12 nitrogen and oxygen atoms in total. The third kappa shape index (κ3) is 6.58. The molecule has 0 amide bonds. The third-order valence-electron chi connectivity index (χ3n) is 13.0. The van der Waals surface area contributed by atoms with Crippen molar-refractivity contribution in [2.45, 2.75) is 88.9 Å². The highest BCUT2D eigenvalue weighted by Gasteiger charge is 2.55. The predicted octanol–water partition coefficient (Wildman–Crippen LogP) is 3.49. The number of Topliss-reactive ketones (excluding diaryl/α,β-unsaturated/α-hetero) is 1. The second-order valence-electron chi connectivity index (χ2n) is 15.9. The Morgan fingerprint density at radius 2 is 2.02 bits per heavy atom. The average molecular weight is 769 g/mol. The van der Waals surface area contributed by atoms with Gasteiger partial charge in [-0.15, -0.1) is 0 Å². The number of fused-ring (bicyclic) bond motifs is 4. The molecule has 2 aliphatic carbocycles. The first-order valence-corrected chi connectivity index (χ1v) is 20.2. The second kappa shape index (κ2) is 15.9. The van der Waals surface area contributed by atoms with E-state index in [2.05, 4.69) is 9.89 Å². The summed E-state index contributed by atoms with van der Waals surface area (Å²) in [6.45, 7) is 5.29. The summed E-state index contributed by atoms with van der Waals surface area (Å²) in [6.07, 6.45) is 7.53. The van der Waals surface area contributed by atoms with Gasteiger partial charge in [-0.25, -0.2) is 4.79 Å². The molecule has 4 aliphatic heterocycles. The first-order chi connectivity index (χ1) is 27.2. The van der Waals surface area contributed by atoms with E-state index in [4.69, 9.17) is 23.7 Å². The Morgan fingerprint density at radius 3 is 2.79 bits per heavy atom. The van der Waals surface area contributed by atoms with Gasteiger partial charge in [-0.1, -0.05) is 24.1 Å². The number of aliphatic hydroxyl groups excluding tert-OH is 1. The lowest BCUT2D eigenvalue weighted by atomic mass is 9.63. The number of aldehydes is 1. The van der Waals surface area contributed by atoms with E-state index < -0.39 is 30.2 Å². The number of rotatable bonds is 11. The fourth-order valence-electron chi connectivity index (χ4n) is 10.4. The monoisotopic (exact) mass is 768 g/mol. The Kier molecular flexibility index (Phi) is 10.9. The largest absolute Gasteiger partial charge is 0.496 e. The number of likely N-dealkylation sites (tertiary alicyclic amines) is 1. The maximum absolute atomic E-state index is 13.6. The zero-order valence-corrected chi connectivity index (χ0v) is 32.6. The molecular formula is C44H52N2O10. The number of hydrogen-bond acceptors (Lipinski definition) is 12. The van der Waals surface area contributed by atoms with Crippen molar-refractivity contribution in [2.24, 2.45) is 16.8 Å². The fourth-order valence-corrected chi connectivity index (χ4v) is 10.4. The van der Waals surface area contributed by atoms with Crippen LogP contribution in [0.25, 0.3) is 11.6 Å². The zero-order chi connectivity index (χ0) is 39.1. The van der Waals surface area contributed by atoms with Gasteiger partial charge in [0.15, 0.2) is 6.29 Å². The number of nitrogens with zero attached hydrogens (tertiary/aromatic N) is 2. The van der Waals surface area contributed by atoms with Gasteiger partial charge >= 0.3 is 5.97 Å². The van der Waals surface area contributed by atoms with E-state index in [1.807, 2.05) is 24.3 Å². The minimum absolute atomic E-state index is 0.00347. The molecule has 2 saturated carbocycles. The molecule has 2 N–H and O–H groups in total. The van der Waals surface area contributed by atoms with Crippen molar-refractivity contribution in [3.8, 4) is 17.2 Å². The zero-order valence-electron chi connectivity index (χ0n) is 32.6. The van der Waals surface area contributed by atoms with Gasteiger partial charge in [0.1, 0.15) is 34.7 Å². The summed E-state index contributed by atoms with van der Waals surface area (Å²) in [6, 6.07) is 5.89. The van der Waals surface area contributed by atoms with Crippen molar-refractivity contribution in [2.75, 3.05) is 53.6 Å². The van der Waals surface area contributed by atoms with Gasteiger partial charge < -0.3 is 38.8 Å². The van der Waals surface area contributed by atoms with Crippen LogP contribution in [0.4, 0.5) is 0 Å². The number of aliphatic hydroxyl groups is 2. The fraction of sp³-hybridized carbons (Fsp3) is 0.545. The molecule has 12 heteroatoms. The molecule has 0 bridgehead atoms. The first-order valence-electron chi connectivity index (χ1n) is 20.2. The molecular weight excluding hydrogens is 716 g/mol. The van der Waals surface area contributed by atoms with E-state index in [1.54, 1.807) is 21.1 Å². The van der Waals surface area contributed by atoms with Gasteiger partial charge in [-0.2, -0.15) is 0 Å². The van der Waals surface area contributed by atoms with Gasteiger partial charge in [0.2, 0.25) is 5.76 Å². The molecule has 1 saturated heterocycles. The first kappa shape index (κ1) is 38.5. The van der Waals surface area contributed by atoms with E-state index >= 15 is 0 Å². The maximum atomic E-state index is 13.6. The van der Waals surface area contributed by atoms with Crippen molar-refractivity contribution in [1.82, 2.24) is 4.90 Å². The molecule has 4 heterocycles. The van der Waals surface area contributed by atoms with Crippen molar-refractivity contribution < 1.29 is 48.3 Å². The summed E-state index contributed by atoms with van der Waals surface area (Å²) >= 11 is 0. The Hall–Kier alpha value is -4.36. The van der Waals surface area contributed by atoms with Crippen LogP contribution in [0.2, 0.25) is 0 Å². The van der Waals surface area contributed by atoms with Crippen molar-refractivity contribution >= 4 is 29.7 Å². The highest BCUT2D eigenvalue weighted by atomic mass is 16.6. The molecule has 2 aromatic rings. The van der Waals surface area contributed by atoms with Crippen LogP contribution in [0.5, 0.6) is 17.2 Å². The van der Waals surface area contributed by atoms with E-state index in [1.165, 1.54) is 0 Å². The van der Waals surface area contributed by atoms with Crippen LogP contribution < -0.4 is 24.8 Å². The van der Waals surface area contributed by atoms with Crippen LogP contribution in [-0.4, -0.2) is 98.5 Å². The molecule has 2 aromatic carbocycles. The number of carbonyl (C=O) groups is 3. The number of hydrogen-bond donors (Lipinski definition) is 2. The minimum atomic E-state index is -1.12. The van der Waals surface area contributed by atoms with Crippen molar-refractivity contribution in [3.05, 3.63) is 67.9 Å². The lowest BCUT2D eigenvalue weighted by Crippen LogP contribution is -2.59. The number of esters is 1. The quantitative estimate of drug-likeness (QED) is 0.196. The molecule has 298 valence electrons. The summed E-state index contributed by atoms with van der Waals surface area (Å²) in [5.74, 6) is -0.273.